The minimum absolute atomic E-state index is 0.309. The molecule has 1 aromatic carbocycles. The maximum absolute atomic E-state index is 10.6. The zero-order valence-electron chi connectivity index (χ0n) is 15.4. The average Bonchev–Trinajstić information content (AvgIpc) is 2.57. The summed E-state index contributed by atoms with van der Waals surface area (Å²) in [6, 6.07) is 9.84. The van der Waals surface area contributed by atoms with Gasteiger partial charge < -0.3 is 14.4 Å². The third kappa shape index (κ3) is 14.9. The van der Waals surface area contributed by atoms with E-state index in [-0.39, 0.29) is 19.4 Å². The van der Waals surface area contributed by atoms with E-state index in [9.17, 15) is 25.9 Å². The zero-order chi connectivity index (χ0) is 20.2. The van der Waals surface area contributed by atoms with Crippen molar-refractivity contribution in [2.45, 2.75) is 38.5 Å². The highest BCUT2D eigenvalue weighted by Crippen LogP contribution is 2.38. The number of para-hydroxylation sites is 1. The molecule has 0 aliphatic carbocycles. The maximum Gasteiger partial charge on any atom is 0.0945 e. The van der Waals surface area contributed by atoms with Gasteiger partial charge in [0.15, 0.2) is 0 Å². The molecule has 1 N–H and O–H groups in total. The number of benzene rings is 1. The van der Waals surface area contributed by atoms with Crippen molar-refractivity contribution in [2.24, 2.45) is 0 Å². The normalized spacial score (nSPS) is 12.4. The Bertz CT molecular complexity index is 683. The first-order valence-corrected chi connectivity index (χ1v) is 14.1. The van der Waals surface area contributed by atoms with Crippen LogP contribution in [0.15, 0.2) is 30.3 Å². The van der Waals surface area contributed by atoms with Gasteiger partial charge in [-0.2, -0.15) is 0 Å². The lowest BCUT2D eigenvalue weighted by atomic mass is 10.3. The molecule has 1 aromatic rings. The second-order valence-electron chi connectivity index (χ2n) is 6.46. The van der Waals surface area contributed by atoms with Crippen LogP contribution in [-0.2, 0) is 20.2 Å². The fourth-order valence-corrected chi connectivity index (χ4v) is 6.01. The Morgan fingerprint density at radius 1 is 0.741 bits per heavy atom. The van der Waals surface area contributed by atoms with Gasteiger partial charge in [0.25, 0.3) is 0 Å². The fourth-order valence-electron chi connectivity index (χ4n) is 2.61. The highest BCUT2D eigenvalue weighted by Gasteiger charge is 2.08. The summed E-state index contributed by atoms with van der Waals surface area (Å²) in [5.74, 6) is -0.617. The number of hydrogen-bond acceptors (Lipinski definition) is 7. The van der Waals surface area contributed by atoms with Crippen LogP contribution in [0.25, 0.3) is 0 Å². The van der Waals surface area contributed by atoms with E-state index in [0.717, 1.165) is 37.1 Å². The first-order valence-electron chi connectivity index (χ1n) is 9.04. The molecule has 0 heterocycles. The van der Waals surface area contributed by atoms with E-state index in [1.54, 1.807) is 0 Å². The molecule has 0 fully saturated rings. The lowest BCUT2D eigenvalue weighted by Gasteiger charge is -2.19. The van der Waals surface area contributed by atoms with Crippen LogP contribution in [0.1, 0.15) is 38.5 Å². The highest BCUT2D eigenvalue weighted by molar-refractivity contribution is 7.85. The quantitative estimate of drug-likeness (QED) is 0.254. The Kier molecular flexibility index (Phi) is 11.4. The second kappa shape index (κ2) is 12.7. The summed E-state index contributed by atoms with van der Waals surface area (Å²) in [5.41, 5.74) is 1.04. The van der Waals surface area contributed by atoms with Gasteiger partial charge in [0.05, 0.1) is 20.2 Å². The molecule has 0 aliphatic rings. The van der Waals surface area contributed by atoms with Crippen LogP contribution in [0.2, 0.25) is 0 Å². The van der Waals surface area contributed by atoms with Crippen molar-refractivity contribution in [3.05, 3.63) is 30.3 Å². The van der Waals surface area contributed by atoms with Gasteiger partial charge >= 0.3 is 0 Å². The van der Waals surface area contributed by atoms with Gasteiger partial charge in [0.2, 0.25) is 0 Å². The fraction of sp³-hybridized carbons (Fsp3) is 0.647. The number of nitrogens with one attached hydrogen (secondary N) is 1. The zero-order valence-corrected chi connectivity index (χ0v) is 17.9. The topological polar surface area (TPSA) is 126 Å². The van der Waals surface area contributed by atoms with Crippen LogP contribution in [0.3, 0.4) is 0 Å². The summed E-state index contributed by atoms with van der Waals surface area (Å²) < 4.78 is 63.8. The van der Waals surface area contributed by atoms with Crippen molar-refractivity contribution in [3.8, 4) is 0 Å². The Hall–Kier alpha value is -0.730. The van der Waals surface area contributed by atoms with Gasteiger partial charge in [-0.15, -0.1) is 0 Å². The summed E-state index contributed by atoms with van der Waals surface area (Å²) in [5, 5.41) is 3.41. The predicted molar refractivity (Wildman–Crippen MR) is 108 cm³/mol. The predicted octanol–water partition coefficient (Wildman–Crippen LogP) is 2.97. The molecule has 0 atom stereocenters. The van der Waals surface area contributed by atoms with Crippen molar-refractivity contribution < 1.29 is 25.9 Å². The third-order valence-corrected chi connectivity index (χ3v) is 8.10. The third-order valence-electron chi connectivity index (χ3n) is 4.02. The molecule has 0 radical (unpaired) electrons. The van der Waals surface area contributed by atoms with Gasteiger partial charge in [0.1, 0.15) is 0 Å². The summed E-state index contributed by atoms with van der Waals surface area (Å²) in [4.78, 5) is 0. The molecule has 0 bridgehead atoms. The molecule has 0 saturated heterocycles. The van der Waals surface area contributed by atoms with Crippen molar-refractivity contribution in [1.29, 1.82) is 0 Å². The Morgan fingerprint density at radius 2 is 1.22 bits per heavy atom. The van der Waals surface area contributed by atoms with Gasteiger partial charge in [-0.1, -0.05) is 39.0 Å². The average molecular weight is 438 g/mol. The number of anilines is 1. The minimum Gasteiger partial charge on any atom is -0.748 e. The molecule has 0 saturated carbocycles. The molecule has 27 heavy (non-hydrogen) atoms. The van der Waals surface area contributed by atoms with E-state index in [2.05, 4.69) is 5.32 Å². The molecule has 10 heteroatoms. The molecule has 0 amide bonds. The number of rotatable bonds is 15. The van der Waals surface area contributed by atoms with Crippen LogP contribution in [0.4, 0.5) is 5.69 Å². The lowest BCUT2D eigenvalue weighted by Crippen LogP contribution is -2.07. The Morgan fingerprint density at radius 3 is 1.67 bits per heavy atom. The first-order chi connectivity index (χ1) is 12.7. The molecule has 0 unspecified atom stereocenters. The summed E-state index contributed by atoms with van der Waals surface area (Å²) in [7, 11) is -8.61. The Labute approximate surface area is 164 Å². The van der Waals surface area contributed by atoms with Gasteiger partial charge in [0, 0.05) is 23.5 Å². The summed E-state index contributed by atoms with van der Waals surface area (Å²) >= 11 is 0. The van der Waals surface area contributed by atoms with Crippen LogP contribution in [-0.4, -0.2) is 56.1 Å². The number of hydrogen-bond donors (Lipinski definition) is 1. The van der Waals surface area contributed by atoms with Crippen LogP contribution in [0, 0.1) is 0 Å². The standard InChI is InChI=1S/C17H30NO6PS2/c19-26(20,21)14-8-2-6-12-25(13-7-3-9-15-27(22,23)24)16-18-17-10-4-1-5-11-17/h1,4-5,10-11,18H,2-3,6-9,12-16H2,(H,19,20,21)(H,22,23,24)/p-2. The molecular formula is C17H28NO6PS2-2. The van der Waals surface area contributed by atoms with Crippen molar-refractivity contribution in [3.63, 3.8) is 0 Å². The monoisotopic (exact) mass is 437 g/mol. The maximum atomic E-state index is 10.6. The highest BCUT2D eigenvalue weighted by atomic mass is 32.2. The van der Waals surface area contributed by atoms with Gasteiger partial charge in [-0.25, -0.2) is 16.8 Å². The van der Waals surface area contributed by atoms with E-state index in [0.29, 0.717) is 25.7 Å². The minimum atomic E-state index is -4.14. The van der Waals surface area contributed by atoms with Crippen molar-refractivity contribution >= 4 is 33.8 Å². The molecule has 0 aromatic heterocycles. The largest absolute Gasteiger partial charge is 0.748 e. The second-order valence-corrected chi connectivity index (χ2v) is 12.1. The summed E-state index contributed by atoms with van der Waals surface area (Å²) in [6.07, 6.45) is 6.70. The smallest absolute Gasteiger partial charge is 0.0945 e. The Balaban J connectivity index is 2.35. The van der Waals surface area contributed by atoms with Gasteiger partial charge in [-0.05, 0) is 50.1 Å². The van der Waals surface area contributed by atoms with E-state index < -0.39 is 20.2 Å². The molecular weight excluding hydrogens is 409 g/mol. The number of unbranched alkanes of at least 4 members (excludes halogenated alkanes) is 4. The van der Waals surface area contributed by atoms with Crippen molar-refractivity contribution in [2.75, 3.05) is 35.4 Å². The lowest BCUT2D eigenvalue weighted by molar-refractivity contribution is 0.458. The first kappa shape index (κ1) is 24.3. The molecule has 0 aliphatic heterocycles. The van der Waals surface area contributed by atoms with E-state index in [1.807, 2.05) is 30.3 Å². The van der Waals surface area contributed by atoms with E-state index in [1.165, 1.54) is 0 Å². The van der Waals surface area contributed by atoms with Crippen molar-refractivity contribution in [1.82, 2.24) is 0 Å². The molecule has 7 nitrogen and oxygen atoms in total. The van der Waals surface area contributed by atoms with E-state index >= 15 is 0 Å². The van der Waals surface area contributed by atoms with Crippen LogP contribution >= 0.6 is 7.92 Å². The van der Waals surface area contributed by atoms with Crippen LogP contribution in [0.5, 0.6) is 0 Å². The van der Waals surface area contributed by atoms with Gasteiger partial charge in [-0.3, -0.25) is 0 Å². The SMILES string of the molecule is O=S(=O)([O-])CCCCCP(CCCCCS(=O)(=O)[O-])CNc1ccccc1. The van der Waals surface area contributed by atoms with E-state index in [4.69, 9.17) is 0 Å². The molecule has 156 valence electrons. The van der Waals surface area contributed by atoms with Crippen LogP contribution < -0.4 is 5.32 Å². The summed E-state index contributed by atoms with van der Waals surface area (Å²) in [6.45, 7) is 0. The molecule has 0 spiro atoms. The molecule has 1 rings (SSSR count).